The predicted octanol–water partition coefficient (Wildman–Crippen LogP) is 3.38. The first-order chi connectivity index (χ1) is 14.3. The molecule has 3 aliphatic rings. The number of carbonyl (C=O) groups is 2. The molecule has 1 aliphatic carbocycles. The summed E-state index contributed by atoms with van der Waals surface area (Å²) in [5, 5.41) is 12.2. The lowest BCUT2D eigenvalue weighted by Crippen LogP contribution is -2.39. The van der Waals surface area contributed by atoms with E-state index in [2.05, 4.69) is 14.8 Å². The minimum Gasteiger partial charge on any atom is -0.493 e. The lowest BCUT2D eigenvalue weighted by molar-refractivity contribution is -0.286. The average Bonchev–Trinajstić information content (AvgIpc) is 3.45. The Morgan fingerprint density at radius 2 is 1.80 bits per heavy atom. The first kappa shape index (κ1) is 18.7. The van der Waals surface area contributed by atoms with Crippen molar-refractivity contribution in [2.75, 3.05) is 6.61 Å². The first-order valence-electron chi connectivity index (χ1n) is 9.49. The van der Waals surface area contributed by atoms with E-state index in [0.29, 0.717) is 42.7 Å². The molecular weight excluding hydrogens is 400 g/mol. The molecule has 1 fully saturated rings. The highest BCUT2D eigenvalue weighted by molar-refractivity contribution is 5.92. The zero-order chi connectivity index (χ0) is 21.1. The van der Waals surface area contributed by atoms with Crippen LogP contribution in [0.5, 0.6) is 17.2 Å². The number of carboxylic acids is 1. The minimum atomic E-state index is -3.71. The lowest BCUT2D eigenvalue weighted by Gasteiger charge is -2.28. The zero-order valence-corrected chi connectivity index (χ0v) is 15.6. The summed E-state index contributed by atoms with van der Waals surface area (Å²) < 4.78 is 41.1. The molecule has 0 saturated heterocycles. The number of rotatable bonds is 4. The normalized spacial score (nSPS) is 21.9. The number of halogens is 2. The number of carbonyl (C=O) groups excluding carboxylic acids is 1. The van der Waals surface area contributed by atoms with E-state index >= 15 is 0 Å². The molecule has 7 nitrogen and oxygen atoms in total. The van der Waals surface area contributed by atoms with E-state index in [9.17, 15) is 18.4 Å². The maximum Gasteiger partial charge on any atom is 0.586 e. The molecule has 0 spiro atoms. The molecule has 0 bridgehead atoms. The zero-order valence-electron chi connectivity index (χ0n) is 15.6. The average molecular weight is 417 g/mol. The standard InChI is InChI=1S/C21H17F2NO6/c22-21(23)29-15-4-2-12(10-17(15)30-21)20(6-7-20)19(27)24-14-5-8-28-16-9-11(18(25)26)1-3-13(14)16/h1-4,9-10,14H,5-8H2,(H,24,27)(H,25,26). The SMILES string of the molecule is O=C(O)c1ccc2c(c1)OCCC2NC(=O)C1(c2ccc3c(c2)OC(F)(F)O3)CC1. The van der Waals surface area contributed by atoms with Crippen LogP contribution in [0.4, 0.5) is 8.78 Å². The topological polar surface area (TPSA) is 94.1 Å². The smallest absolute Gasteiger partial charge is 0.493 e. The van der Waals surface area contributed by atoms with Crippen LogP contribution >= 0.6 is 0 Å². The molecule has 156 valence electrons. The van der Waals surface area contributed by atoms with Gasteiger partial charge in [0, 0.05) is 12.0 Å². The van der Waals surface area contributed by atoms with Crippen molar-refractivity contribution in [2.24, 2.45) is 0 Å². The third-order valence-corrected chi connectivity index (χ3v) is 5.74. The summed E-state index contributed by atoms with van der Waals surface area (Å²) in [6, 6.07) is 8.65. The fourth-order valence-corrected chi connectivity index (χ4v) is 3.99. The second kappa shape index (κ2) is 6.32. The predicted molar refractivity (Wildman–Crippen MR) is 98.0 cm³/mol. The van der Waals surface area contributed by atoms with Crippen molar-refractivity contribution in [3.8, 4) is 17.2 Å². The summed E-state index contributed by atoms with van der Waals surface area (Å²) in [6.07, 6.45) is -2.00. The molecule has 2 heterocycles. The van der Waals surface area contributed by atoms with Crippen LogP contribution in [0.15, 0.2) is 36.4 Å². The third kappa shape index (κ3) is 3.01. The van der Waals surface area contributed by atoms with Crippen LogP contribution in [0, 0.1) is 0 Å². The number of hydrogen-bond acceptors (Lipinski definition) is 5. The number of alkyl halides is 2. The minimum absolute atomic E-state index is 0.0625. The van der Waals surface area contributed by atoms with Gasteiger partial charge in [0.05, 0.1) is 23.6 Å². The summed E-state index contributed by atoms with van der Waals surface area (Å²) in [6.45, 7) is 0.340. The number of nitrogens with one attached hydrogen (secondary N) is 1. The van der Waals surface area contributed by atoms with Crippen molar-refractivity contribution < 1.29 is 37.7 Å². The number of benzene rings is 2. The van der Waals surface area contributed by atoms with Crippen LogP contribution in [0.1, 0.15) is 46.8 Å². The number of fused-ring (bicyclic) bond motifs is 2. The van der Waals surface area contributed by atoms with Gasteiger partial charge in [-0.25, -0.2) is 4.79 Å². The Balaban J connectivity index is 1.38. The third-order valence-electron chi connectivity index (χ3n) is 5.74. The molecule has 2 aromatic rings. The molecule has 0 aromatic heterocycles. The highest BCUT2D eigenvalue weighted by Gasteiger charge is 2.53. The van der Waals surface area contributed by atoms with Gasteiger partial charge in [-0.2, -0.15) is 0 Å². The molecule has 0 radical (unpaired) electrons. The molecule has 9 heteroatoms. The van der Waals surface area contributed by atoms with Gasteiger partial charge in [0.1, 0.15) is 5.75 Å². The van der Waals surface area contributed by atoms with E-state index < -0.39 is 17.7 Å². The Labute approximate surface area is 169 Å². The molecule has 5 rings (SSSR count). The van der Waals surface area contributed by atoms with Crippen molar-refractivity contribution in [3.05, 3.63) is 53.1 Å². The Bertz CT molecular complexity index is 1070. The van der Waals surface area contributed by atoms with Crippen LogP contribution in [0.25, 0.3) is 0 Å². The summed E-state index contributed by atoms with van der Waals surface area (Å²) >= 11 is 0. The number of amides is 1. The Hall–Kier alpha value is -3.36. The fraction of sp³-hybridized carbons (Fsp3) is 0.333. The van der Waals surface area contributed by atoms with E-state index in [0.717, 1.165) is 0 Å². The number of aromatic carboxylic acids is 1. The number of hydrogen-bond donors (Lipinski definition) is 2. The Kier molecular flexibility index (Phi) is 3.93. The second-order valence-corrected chi connectivity index (χ2v) is 7.63. The van der Waals surface area contributed by atoms with Gasteiger partial charge >= 0.3 is 12.3 Å². The number of ether oxygens (including phenoxy) is 3. The van der Waals surface area contributed by atoms with E-state index in [1.807, 2.05) is 0 Å². The van der Waals surface area contributed by atoms with Gasteiger partial charge in [-0.3, -0.25) is 4.79 Å². The van der Waals surface area contributed by atoms with Gasteiger partial charge in [-0.1, -0.05) is 12.1 Å². The van der Waals surface area contributed by atoms with Crippen molar-refractivity contribution in [2.45, 2.75) is 37.0 Å². The Morgan fingerprint density at radius 1 is 1.03 bits per heavy atom. The van der Waals surface area contributed by atoms with Crippen LogP contribution in [0.2, 0.25) is 0 Å². The lowest BCUT2D eigenvalue weighted by atomic mass is 9.92. The van der Waals surface area contributed by atoms with Crippen LogP contribution < -0.4 is 19.5 Å². The summed E-state index contributed by atoms with van der Waals surface area (Å²) in [5.41, 5.74) is 0.598. The van der Waals surface area contributed by atoms with Gasteiger partial charge in [0.2, 0.25) is 5.91 Å². The second-order valence-electron chi connectivity index (χ2n) is 7.63. The van der Waals surface area contributed by atoms with Crippen molar-refractivity contribution in [1.82, 2.24) is 5.32 Å². The van der Waals surface area contributed by atoms with Crippen molar-refractivity contribution in [3.63, 3.8) is 0 Å². The van der Waals surface area contributed by atoms with Gasteiger partial charge in [-0.05, 0) is 42.7 Å². The highest BCUT2D eigenvalue weighted by atomic mass is 19.3. The molecule has 1 atom stereocenters. The first-order valence-corrected chi connectivity index (χ1v) is 9.49. The highest BCUT2D eigenvalue weighted by Crippen LogP contribution is 2.52. The van der Waals surface area contributed by atoms with E-state index in [-0.39, 0.29) is 29.0 Å². The van der Waals surface area contributed by atoms with Crippen molar-refractivity contribution in [1.29, 1.82) is 0 Å². The number of carboxylic acid groups (broad SMARTS) is 1. The monoisotopic (exact) mass is 417 g/mol. The summed E-state index contributed by atoms with van der Waals surface area (Å²) in [5.74, 6) is -0.991. The van der Waals surface area contributed by atoms with Crippen LogP contribution in [-0.4, -0.2) is 29.9 Å². The van der Waals surface area contributed by atoms with Crippen LogP contribution in [-0.2, 0) is 10.2 Å². The molecule has 1 saturated carbocycles. The van der Waals surface area contributed by atoms with E-state index in [1.54, 1.807) is 12.1 Å². The molecule has 2 aliphatic heterocycles. The summed E-state index contributed by atoms with van der Waals surface area (Å²) in [4.78, 5) is 24.3. The van der Waals surface area contributed by atoms with Crippen molar-refractivity contribution >= 4 is 11.9 Å². The molecular formula is C21H17F2NO6. The van der Waals surface area contributed by atoms with Crippen LogP contribution in [0.3, 0.4) is 0 Å². The largest absolute Gasteiger partial charge is 0.586 e. The van der Waals surface area contributed by atoms with Gasteiger partial charge in [0.15, 0.2) is 11.5 Å². The quantitative estimate of drug-likeness (QED) is 0.792. The molecule has 1 unspecified atom stereocenters. The molecule has 1 amide bonds. The van der Waals surface area contributed by atoms with Gasteiger partial charge < -0.3 is 24.6 Å². The molecule has 2 N–H and O–H groups in total. The fourth-order valence-electron chi connectivity index (χ4n) is 3.99. The molecule has 2 aromatic carbocycles. The van der Waals surface area contributed by atoms with E-state index in [1.165, 1.54) is 24.3 Å². The van der Waals surface area contributed by atoms with Gasteiger partial charge in [-0.15, -0.1) is 8.78 Å². The Morgan fingerprint density at radius 3 is 2.53 bits per heavy atom. The summed E-state index contributed by atoms with van der Waals surface area (Å²) in [7, 11) is 0. The van der Waals surface area contributed by atoms with Gasteiger partial charge in [0.25, 0.3) is 0 Å². The maximum absolute atomic E-state index is 13.3. The van der Waals surface area contributed by atoms with E-state index in [4.69, 9.17) is 9.84 Å². The maximum atomic E-state index is 13.3. The molecule has 30 heavy (non-hydrogen) atoms.